The Morgan fingerprint density at radius 2 is 2.08 bits per heavy atom. The Kier molecular flexibility index (Phi) is 3.17. The summed E-state index contributed by atoms with van der Waals surface area (Å²) in [6.07, 6.45) is 1.90. The number of nitrogens with zero attached hydrogens (tertiary/aromatic N) is 1. The molecular weight excluding hydrogens is 166 g/mol. The number of carbonyl (C=O) groups is 1. The predicted molar refractivity (Wildman–Crippen MR) is 51.6 cm³/mol. The fraction of sp³-hybridized carbons (Fsp3) is 0.900. The quantitative estimate of drug-likeness (QED) is 0.627. The van der Waals surface area contributed by atoms with Crippen molar-refractivity contribution < 1.29 is 9.53 Å². The lowest BCUT2D eigenvalue weighted by atomic mass is 9.96. The zero-order valence-corrected chi connectivity index (χ0v) is 8.80. The largest absolute Gasteiger partial charge is 0.449 e. The van der Waals surface area contributed by atoms with Gasteiger partial charge in [0.05, 0.1) is 6.61 Å². The summed E-state index contributed by atoms with van der Waals surface area (Å²) < 4.78 is 5.05. The van der Waals surface area contributed by atoms with Gasteiger partial charge in [0.1, 0.15) is 0 Å². The summed E-state index contributed by atoms with van der Waals surface area (Å²) in [5, 5.41) is 0. The van der Waals surface area contributed by atoms with E-state index in [-0.39, 0.29) is 11.5 Å². The Morgan fingerprint density at radius 1 is 1.38 bits per heavy atom. The third-order valence-electron chi connectivity index (χ3n) is 1.97. The number of cyclic esters (lactones) is 1. The van der Waals surface area contributed by atoms with Gasteiger partial charge in [-0.3, -0.25) is 0 Å². The lowest BCUT2D eigenvalue weighted by Gasteiger charge is -2.27. The molecule has 1 rings (SSSR count). The molecule has 0 aliphatic carbocycles. The van der Waals surface area contributed by atoms with Gasteiger partial charge in [0.15, 0.2) is 0 Å². The second kappa shape index (κ2) is 3.99. The van der Waals surface area contributed by atoms with Gasteiger partial charge in [-0.15, -0.1) is 0 Å². The molecule has 0 saturated carbocycles. The van der Waals surface area contributed by atoms with Crippen molar-refractivity contribution in [1.29, 1.82) is 0 Å². The van der Waals surface area contributed by atoms with Gasteiger partial charge < -0.3 is 9.64 Å². The van der Waals surface area contributed by atoms with E-state index in [1.54, 1.807) is 0 Å². The van der Waals surface area contributed by atoms with E-state index in [1.165, 1.54) is 0 Å². The topological polar surface area (TPSA) is 29.5 Å². The Hall–Kier alpha value is -0.730. The van der Waals surface area contributed by atoms with Gasteiger partial charge in [-0.25, -0.2) is 4.79 Å². The van der Waals surface area contributed by atoms with Gasteiger partial charge in [0, 0.05) is 13.1 Å². The first-order chi connectivity index (χ1) is 5.99. The maximum atomic E-state index is 11.4. The highest BCUT2D eigenvalue weighted by Gasteiger charge is 2.23. The molecule has 76 valence electrons. The molecule has 0 radical (unpaired) electrons. The molecular formula is C10H19NO2. The average Bonchev–Trinajstić information content (AvgIpc) is 2.14. The van der Waals surface area contributed by atoms with Crippen LogP contribution in [0.3, 0.4) is 0 Å². The Labute approximate surface area is 80.1 Å². The number of hydrogen-bond acceptors (Lipinski definition) is 2. The highest BCUT2D eigenvalue weighted by molar-refractivity contribution is 5.67. The first-order valence-corrected chi connectivity index (χ1v) is 4.91. The SMILES string of the molecule is CC(C)(C)CN1CCCCOC1=O. The highest BCUT2D eigenvalue weighted by Crippen LogP contribution is 2.17. The van der Waals surface area contributed by atoms with Crippen LogP contribution in [-0.4, -0.2) is 30.7 Å². The third kappa shape index (κ3) is 3.66. The zero-order chi connectivity index (χ0) is 9.90. The van der Waals surface area contributed by atoms with Crippen molar-refractivity contribution in [3.63, 3.8) is 0 Å². The molecule has 1 aliphatic heterocycles. The predicted octanol–water partition coefficient (Wildman–Crippen LogP) is 2.26. The lowest BCUT2D eigenvalue weighted by molar-refractivity contribution is 0.103. The molecule has 0 aromatic heterocycles. The first kappa shape index (κ1) is 10.4. The van der Waals surface area contributed by atoms with Crippen molar-refractivity contribution in [3.05, 3.63) is 0 Å². The fourth-order valence-electron chi connectivity index (χ4n) is 1.46. The number of ether oxygens (including phenoxy) is 1. The van der Waals surface area contributed by atoms with Gasteiger partial charge >= 0.3 is 6.09 Å². The van der Waals surface area contributed by atoms with Crippen molar-refractivity contribution in [2.45, 2.75) is 33.6 Å². The number of rotatable bonds is 1. The smallest absolute Gasteiger partial charge is 0.409 e. The lowest BCUT2D eigenvalue weighted by Crippen LogP contribution is -2.37. The first-order valence-electron chi connectivity index (χ1n) is 4.91. The molecule has 0 atom stereocenters. The molecule has 1 amide bonds. The molecule has 3 nitrogen and oxygen atoms in total. The van der Waals surface area contributed by atoms with Gasteiger partial charge in [-0.1, -0.05) is 20.8 Å². The van der Waals surface area contributed by atoms with E-state index in [1.807, 2.05) is 4.90 Å². The molecule has 0 aromatic carbocycles. The number of amides is 1. The van der Waals surface area contributed by atoms with Gasteiger partial charge in [-0.2, -0.15) is 0 Å². The van der Waals surface area contributed by atoms with Gasteiger partial charge in [-0.05, 0) is 18.3 Å². The van der Waals surface area contributed by atoms with E-state index in [0.29, 0.717) is 6.61 Å². The molecule has 0 N–H and O–H groups in total. The van der Waals surface area contributed by atoms with E-state index >= 15 is 0 Å². The van der Waals surface area contributed by atoms with Crippen LogP contribution in [0.2, 0.25) is 0 Å². The average molecular weight is 185 g/mol. The Balaban J connectivity index is 2.50. The molecule has 0 unspecified atom stereocenters. The molecule has 13 heavy (non-hydrogen) atoms. The van der Waals surface area contributed by atoms with E-state index in [4.69, 9.17) is 4.74 Å². The summed E-state index contributed by atoms with van der Waals surface area (Å²) in [7, 11) is 0. The van der Waals surface area contributed by atoms with Crippen LogP contribution in [0.1, 0.15) is 33.6 Å². The minimum Gasteiger partial charge on any atom is -0.449 e. The van der Waals surface area contributed by atoms with Crippen LogP contribution >= 0.6 is 0 Å². The molecule has 1 heterocycles. The minimum absolute atomic E-state index is 0.146. The van der Waals surface area contributed by atoms with Gasteiger partial charge in [0.25, 0.3) is 0 Å². The van der Waals surface area contributed by atoms with Crippen LogP contribution in [0, 0.1) is 5.41 Å². The normalized spacial score (nSPS) is 19.6. The summed E-state index contributed by atoms with van der Waals surface area (Å²) in [6.45, 7) is 8.60. The highest BCUT2D eigenvalue weighted by atomic mass is 16.6. The zero-order valence-electron chi connectivity index (χ0n) is 8.80. The van der Waals surface area contributed by atoms with Crippen LogP contribution in [0.15, 0.2) is 0 Å². The minimum atomic E-state index is -0.146. The van der Waals surface area contributed by atoms with E-state index in [9.17, 15) is 4.79 Å². The monoisotopic (exact) mass is 185 g/mol. The number of hydrogen-bond donors (Lipinski definition) is 0. The summed E-state index contributed by atoms with van der Waals surface area (Å²) in [4.78, 5) is 13.2. The molecule has 3 heteroatoms. The van der Waals surface area contributed by atoms with Crippen molar-refractivity contribution in [2.24, 2.45) is 5.41 Å². The van der Waals surface area contributed by atoms with Crippen molar-refractivity contribution in [3.8, 4) is 0 Å². The van der Waals surface area contributed by atoms with Crippen LogP contribution < -0.4 is 0 Å². The van der Waals surface area contributed by atoms with Crippen LogP contribution in [0.25, 0.3) is 0 Å². The second-order valence-electron chi connectivity index (χ2n) is 4.80. The third-order valence-corrected chi connectivity index (χ3v) is 1.97. The van der Waals surface area contributed by atoms with E-state index in [2.05, 4.69) is 20.8 Å². The van der Waals surface area contributed by atoms with Crippen LogP contribution in [-0.2, 0) is 4.74 Å². The summed E-state index contributed by atoms with van der Waals surface area (Å²) in [5.41, 5.74) is 0.156. The molecule has 0 spiro atoms. The van der Waals surface area contributed by atoms with Crippen molar-refractivity contribution in [2.75, 3.05) is 19.7 Å². The molecule has 1 aliphatic rings. The summed E-state index contributed by atoms with van der Waals surface area (Å²) in [6, 6.07) is 0. The molecule has 0 aromatic rings. The van der Waals surface area contributed by atoms with Crippen molar-refractivity contribution in [1.82, 2.24) is 4.90 Å². The second-order valence-corrected chi connectivity index (χ2v) is 4.80. The maximum Gasteiger partial charge on any atom is 0.409 e. The number of carbonyl (C=O) groups excluding carboxylic acids is 1. The van der Waals surface area contributed by atoms with E-state index < -0.39 is 0 Å². The summed E-state index contributed by atoms with van der Waals surface area (Å²) in [5.74, 6) is 0. The summed E-state index contributed by atoms with van der Waals surface area (Å²) >= 11 is 0. The van der Waals surface area contributed by atoms with Crippen LogP contribution in [0.5, 0.6) is 0 Å². The Morgan fingerprint density at radius 3 is 2.69 bits per heavy atom. The molecule has 1 saturated heterocycles. The molecule has 1 fully saturated rings. The standard InChI is InChI=1S/C10H19NO2/c1-10(2,3)8-11-6-4-5-7-13-9(11)12/h4-8H2,1-3H3. The van der Waals surface area contributed by atoms with Crippen LogP contribution in [0.4, 0.5) is 4.79 Å². The van der Waals surface area contributed by atoms with Crippen molar-refractivity contribution >= 4 is 6.09 Å². The molecule has 0 bridgehead atoms. The van der Waals surface area contributed by atoms with Gasteiger partial charge in [0.2, 0.25) is 0 Å². The van der Waals surface area contributed by atoms with E-state index in [0.717, 1.165) is 25.9 Å². The Bertz CT molecular complexity index is 184. The maximum absolute atomic E-state index is 11.4. The fourth-order valence-corrected chi connectivity index (χ4v) is 1.46.